The lowest BCUT2D eigenvalue weighted by molar-refractivity contribution is -0.119. The number of rotatable bonds is 5. The molecule has 1 aliphatic rings. The normalized spacial score (nSPS) is 15.0. The standard InChI is InChI=1S/C21H23N3O6S/c1-5-14-11(2)22-21-24(18(14)26)9-13(10-31-21)17(25)23-16-8-12(19(27)29-3)6-7-15(16)20(28)30-4/h6-8,13H,5,9-10H2,1-4H3,(H,23,25). The predicted molar refractivity (Wildman–Crippen MR) is 115 cm³/mol. The maximum absolute atomic E-state index is 13.0. The molecule has 0 fully saturated rings. The van der Waals surface area contributed by atoms with E-state index in [0.717, 1.165) is 0 Å². The summed E-state index contributed by atoms with van der Waals surface area (Å²) in [6.07, 6.45) is 0.558. The largest absolute Gasteiger partial charge is 0.465 e. The van der Waals surface area contributed by atoms with Gasteiger partial charge >= 0.3 is 11.9 Å². The van der Waals surface area contributed by atoms with Crippen molar-refractivity contribution in [3.8, 4) is 0 Å². The number of ether oxygens (including phenoxy) is 2. The first-order chi connectivity index (χ1) is 14.8. The third-order valence-electron chi connectivity index (χ3n) is 5.08. The van der Waals surface area contributed by atoms with Crippen LogP contribution in [0.4, 0.5) is 5.69 Å². The predicted octanol–water partition coefficient (Wildman–Crippen LogP) is 2.05. The molecule has 2 heterocycles. The van der Waals surface area contributed by atoms with E-state index in [1.54, 1.807) is 0 Å². The van der Waals surface area contributed by atoms with Crippen molar-refractivity contribution in [3.63, 3.8) is 0 Å². The molecule has 0 radical (unpaired) electrons. The van der Waals surface area contributed by atoms with Crippen molar-refractivity contribution in [2.45, 2.75) is 32.0 Å². The molecule has 164 valence electrons. The molecule has 31 heavy (non-hydrogen) atoms. The van der Waals surface area contributed by atoms with E-state index in [0.29, 0.717) is 28.6 Å². The Labute approximate surface area is 183 Å². The Kier molecular flexibility index (Phi) is 6.79. The topological polar surface area (TPSA) is 117 Å². The summed E-state index contributed by atoms with van der Waals surface area (Å²) < 4.78 is 11.0. The lowest BCUT2D eigenvalue weighted by atomic mass is 10.1. The van der Waals surface area contributed by atoms with Crippen molar-refractivity contribution >= 4 is 35.3 Å². The van der Waals surface area contributed by atoms with Crippen LogP contribution in [0.5, 0.6) is 0 Å². The number of carbonyl (C=O) groups is 3. The Morgan fingerprint density at radius 2 is 1.94 bits per heavy atom. The first-order valence-electron chi connectivity index (χ1n) is 9.65. The van der Waals surface area contributed by atoms with Crippen LogP contribution in [0.25, 0.3) is 0 Å². The highest BCUT2D eigenvalue weighted by Crippen LogP contribution is 2.28. The number of fused-ring (bicyclic) bond motifs is 1. The van der Waals surface area contributed by atoms with Crippen LogP contribution in [0.1, 0.15) is 38.9 Å². The summed E-state index contributed by atoms with van der Waals surface area (Å²) in [4.78, 5) is 54.3. The average Bonchev–Trinajstić information content (AvgIpc) is 2.78. The molecule has 1 aliphatic heterocycles. The summed E-state index contributed by atoms with van der Waals surface area (Å²) in [7, 11) is 2.47. The molecule has 0 saturated heterocycles. The Bertz CT molecular complexity index is 1110. The van der Waals surface area contributed by atoms with Gasteiger partial charge in [-0.15, -0.1) is 0 Å². The highest BCUT2D eigenvalue weighted by molar-refractivity contribution is 7.99. The molecule has 0 saturated carbocycles. The number of aromatic nitrogens is 2. The van der Waals surface area contributed by atoms with Gasteiger partial charge in [0.05, 0.1) is 37.0 Å². The van der Waals surface area contributed by atoms with Crippen molar-refractivity contribution < 1.29 is 23.9 Å². The van der Waals surface area contributed by atoms with Gasteiger partial charge in [0.25, 0.3) is 5.56 Å². The molecule has 9 nitrogen and oxygen atoms in total. The van der Waals surface area contributed by atoms with Gasteiger partial charge in [-0.05, 0) is 31.5 Å². The van der Waals surface area contributed by atoms with Crippen molar-refractivity contribution in [1.29, 1.82) is 0 Å². The first kappa shape index (κ1) is 22.5. The van der Waals surface area contributed by atoms with Gasteiger partial charge in [0, 0.05) is 23.6 Å². The number of carbonyl (C=O) groups excluding carboxylic acids is 3. The second-order valence-corrected chi connectivity index (χ2v) is 7.96. The minimum Gasteiger partial charge on any atom is -0.465 e. The maximum atomic E-state index is 13.0. The van der Waals surface area contributed by atoms with Gasteiger partial charge in [-0.1, -0.05) is 18.7 Å². The van der Waals surface area contributed by atoms with Crippen LogP contribution in [0.2, 0.25) is 0 Å². The third kappa shape index (κ3) is 4.48. The second-order valence-electron chi connectivity index (χ2n) is 6.97. The highest BCUT2D eigenvalue weighted by Gasteiger charge is 2.29. The van der Waals surface area contributed by atoms with Crippen molar-refractivity contribution in [2.24, 2.45) is 5.92 Å². The van der Waals surface area contributed by atoms with Crippen molar-refractivity contribution in [3.05, 3.63) is 50.9 Å². The van der Waals surface area contributed by atoms with E-state index in [2.05, 4.69) is 10.3 Å². The fourth-order valence-electron chi connectivity index (χ4n) is 3.38. The summed E-state index contributed by atoms with van der Waals surface area (Å²) >= 11 is 1.34. The molecule has 3 rings (SSSR count). The number of hydrogen-bond donors (Lipinski definition) is 1. The number of aryl methyl sites for hydroxylation is 1. The summed E-state index contributed by atoms with van der Waals surface area (Å²) in [5, 5.41) is 3.30. The molecule has 2 aromatic rings. The number of hydrogen-bond acceptors (Lipinski definition) is 8. The first-order valence-corrected chi connectivity index (χ1v) is 10.6. The molecule has 0 spiro atoms. The molecule has 1 unspecified atom stereocenters. The SMILES string of the molecule is CCc1c(C)nc2n(c1=O)CC(C(=O)Nc1cc(C(=O)OC)ccc1C(=O)OC)CS2. The summed E-state index contributed by atoms with van der Waals surface area (Å²) in [6, 6.07) is 4.18. The minimum absolute atomic E-state index is 0.107. The van der Waals surface area contributed by atoms with Crippen LogP contribution >= 0.6 is 11.8 Å². The molecular weight excluding hydrogens is 422 g/mol. The quantitative estimate of drug-likeness (QED) is 0.549. The number of benzene rings is 1. The van der Waals surface area contributed by atoms with Gasteiger partial charge in [0.1, 0.15) is 0 Å². The molecular formula is C21H23N3O6S. The number of methoxy groups -OCH3 is 2. The van der Waals surface area contributed by atoms with Gasteiger partial charge in [-0.2, -0.15) is 0 Å². The number of thioether (sulfide) groups is 1. The fourth-order valence-corrected chi connectivity index (χ4v) is 4.50. The van der Waals surface area contributed by atoms with E-state index in [9.17, 15) is 19.2 Å². The monoisotopic (exact) mass is 445 g/mol. The van der Waals surface area contributed by atoms with E-state index in [4.69, 9.17) is 9.47 Å². The van der Waals surface area contributed by atoms with Gasteiger partial charge < -0.3 is 14.8 Å². The number of esters is 2. The van der Waals surface area contributed by atoms with Crippen LogP contribution in [0, 0.1) is 12.8 Å². The zero-order valence-electron chi connectivity index (χ0n) is 17.7. The smallest absolute Gasteiger partial charge is 0.339 e. The lowest BCUT2D eigenvalue weighted by Gasteiger charge is -2.25. The third-order valence-corrected chi connectivity index (χ3v) is 6.22. The van der Waals surface area contributed by atoms with Crippen LogP contribution < -0.4 is 10.9 Å². The van der Waals surface area contributed by atoms with Crippen LogP contribution in [-0.2, 0) is 27.2 Å². The molecule has 1 aromatic carbocycles. The summed E-state index contributed by atoms with van der Waals surface area (Å²) in [6.45, 7) is 3.88. The molecule has 0 bridgehead atoms. The number of amides is 1. The maximum Gasteiger partial charge on any atom is 0.339 e. The van der Waals surface area contributed by atoms with Gasteiger partial charge in [-0.25, -0.2) is 14.6 Å². The molecule has 1 amide bonds. The Morgan fingerprint density at radius 1 is 1.23 bits per heavy atom. The zero-order chi connectivity index (χ0) is 22.7. The Hall–Kier alpha value is -3.14. The fraction of sp³-hybridized carbons (Fsp3) is 0.381. The van der Waals surface area contributed by atoms with Crippen LogP contribution in [0.3, 0.4) is 0 Å². The van der Waals surface area contributed by atoms with Crippen LogP contribution in [0.15, 0.2) is 28.2 Å². The molecule has 0 aliphatic carbocycles. The lowest BCUT2D eigenvalue weighted by Crippen LogP contribution is -2.38. The van der Waals surface area contributed by atoms with Gasteiger partial charge in [0.2, 0.25) is 5.91 Å². The summed E-state index contributed by atoms with van der Waals surface area (Å²) in [5.74, 6) is -1.74. The van der Waals surface area contributed by atoms with Crippen LogP contribution in [-0.4, -0.2) is 47.4 Å². The molecule has 1 N–H and O–H groups in total. The zero-order valence-corrected chi connectivity index (χ0v) is 18.5. The summed E-state index contributed by atoms with van der Waals surface area (Å²) in [5.41, 5.74) is 1.62. The molecule has 1 atom stereocenters. The van der Waals surface area contributed by atoms with Crippen molar-refractivity contribution in [2.75, 3.05) is 25.3 Å². The van der Waals surface area contributed by atoms with Gasteiger partial charge in [0.15, 0.2) is 5.16 Å². The average molecular weight is 445 g/mol. The van der Waals surface area contributed by atoms with Gasteiger partial charge in [-0.3, -0.25) is 14.2 Å². The van der Waals surface area contributed by atoms with E-state index in [1.807, 2.05) is 13.8 Å². The van der Waals surface area contributed by atoms with Crippen molar-refractivity contribution in [1.82, 2.24) is 9.55 Å². The Balaban J connectivity index is 1.89. The Morgan fingerprint density at radius 3 is 2.58 bits per heavy atom. The second kappa shape index (κ2) is 9.34. The van der Waals surface area contributed by atoms with E-state index in [1.165, 1.54) is 48.7 Å². The van der Waals surface area contributed by atoms with E-state index in [-0.39, 0.29) is 34.8 Å². The number of nitrogens with zero attached hydrogens (tertiary/aromatic N) is 2. The number of nitrogens with one attached hydrogen (secondary N) is 1. The number of anilines is 1. The molecule has 1 aromatic heterocycles. The molecule has 10 heteroatoms. The van der Waals surface area contributed by atoms with E-state index >= 15 is 0 Å². The highest BCUT2D eigenvalue weighted by atomic mass is 32.2. The minimum atomic E-state index is -0.654. The van der Waals surface area contributed by atoms with E-state index < -0.39 is 17.9 Å².